The Morgan fingerprint density at radius 1 is 0.649 bits per heavy atom. The summed E-state index contributed by atoms with van der Waals surface area (Å²) in [5.74, 6) is -0.238. The van der Waals surface area contributed by atoms with Crippen LogP contribution in [0.25, 0.3) is 0 Å². The summed E-state index contributed by atoms with van der Waals surface area (Å²) in [4.78, 5) is 24.5. The zero-order valence-electron chi connectivity index (χ0n) is 19.9. The highest BCUT2D eigenvalue weighted by molar-refractivity contribution is 7.19. The van der Waals surface area contributed by atoms with Gasteiger partial charge in [-0.25, -0.2) is 0 Å². The minimum absolute atomic E-state index is 0.119. The first-order valence-corrected chi connectivity index (χ1v) is 13.6. The van der Waals surface area contributed by atoms with E-state index < -0.39 is 0 Å². The summed E-state index contributed by atoms with van der Waals surface area (Å²) in [5.41, 5.74) is 1.90. The van der Waals surface area contributed by atoms with Gasteiger partial charge >= 0.3 is 0 Å². The van der Waals surface area contributed by atoms with Gasteiger partial charge in [-0.3, -0.25) is 9.59 Å². The number of hydrogen-bond acceptors (Lipinski definition) is 10. The number of benzene rings is 2. The van der Waals surface area contributed by atoms with Crippen LogP contribution in [-0.2, 0) is 22.4 Å². The maximum Gasteiger partial charge on any atom is 0.230 e. The van der Waals surface area contributed by atoms with Crippen molar-refractivity contribution >= 4 is 55.0 Å². The maximum absolute atomic E-state index is 12.3. The lowest BCUT2D eigenvalue weighted by molar-refractivity contribution is -0.116. The zero-order chi connectivity index (χ0) is 25.5. The molecule has 10 nitrogen and oxygen atoms in total. The third-order valence-electron chi connectivity index (χ3n) is 5.85. The average molecular weight is 535 g/mol. The second-order valence-corrected chi connectivity index (χ2v) is 10.7. The van der Waals surface area contributed by atoms with Crippen molar-refractivity contribution in [1.29, 1.82) is 0 Å². The van der Waals surface area contributed by atoms with E-state index >= 15 is 0 Å². The molecule has 12 heteroatoms. The fourth-order valence-corrected chi connectivity index (χ4v) is 5.62. The molecule has 1 fully saturated rings. The Labute approximate surface area is 222 Å². The molecule has 0 bridgehead atoms. The van der Waals surface area contributed by atoms with Crippen molar-refractivity contribution in [3.63, 3.8) is 0 Å². The van der Waals surface area contributed by atoms with Gasteiger partial charge in [0.25, 0.3) is 0 Å². The standard InChI is InChI=1S/C25H26N8O2S2/c34-20(13-16-7-3-1-4-8-16)28-24-32-30-22(36-24)26-18-11-12-19(15-18)27-23-31-33-25(37-23)29-21(35)14-17-9-5-2-6-10-17/h1-10,18-19H,11-15H2,(H,26,30)(H,27,31)(H,28,32,34)(H,29,33,35)/t18-,19-/m1/s1. The molecule has 0 spiro atoms. The van der Waals surface area contributed by atoms with Gasteiger partial charge in [0.05, 0.1) is 12.8 Å². The van der Waals surface area contributed by atoms with Gasteiger partial charge in [-0.2, -0.15) is 0 Å². The quantitative estimate of drug-likeness (QED) is 0.238. The van der Waals surface area contributed by atoms with E-state index in [1.165, 1.54) is 22.7 Å². The number of nitrogens with zero attached hydrogens (tertiary/aromatic N) is 4. The molecule has 0 saturated heterocycles. The molecule has 2 heterocycles. The maximum atomic E-state index is 12.3. The van der Waals surface area contributed by atoms with E-state index in [9.17, 15) is 9.59 Å². The van der Waals surface area contributed by atoms with Gasteiger partial charge in [0.2, 0.25) is 32.3 Å². The number of anilines is 4. The number of hydrogen-bond donors (Lipinski definition) is 4. The first-order valence-electron chi connectivity index (χ1n) is 12.0. The van der Waals surface area contributed by atoms with E-state index in [0.717, 1.165) is 30.4 Å². The molecule has 1 aliphatic rings. The molecular weight excluding hydrogens is 508 g/mol. The summed E-state index contributed by atoms with van der Waals surface area (Å²) in [7, 11) is 0. The van der Waals surface area contributed by atoms with Gasteiger partial charge in [-0.15, -0.1) is 20.4 Å². The highest BCUT2D eigenvalue weighted by atomic mass is 32.1. The van der Waals surface area contributed by atoms with Crippen molar-refractivity contribution in [3.05, 3.63) is 71.8 Å². The summed E-state index contributed by atoms with van der Waals surface area (Å²) in [6.45, 7) is 0. The topological polar surface area (TPSA) is 134 Å². The predicted molar refractivity (Wildman–Crippen MR) is 146 cm³/mol. The predicted octanol–water partition coefficient (Wildman–Crippen LogP) is 4.20. The molecule has 0 radical (unpaired) electrons. The molecule has 1 aliphatic carbocycles. The summed E-state index contributed by atoms with van der Waals surface area (Å²) >= 11 is 2.65. The van der Waals surface area contributed by atoms with Crippen molar-refractivity contribution in [2.75, 3.05) is 21.3 Å². The number of nitrogens with one attached hydrogen (secondary N) is 4. The average Bonchev–Trinajstić information content (AvgIpc) is 3.63. The van der Waals surface area contributed by atoms with Crippen LogP contribution in [0.4, 0.5) is 20.5 Å². The monoisotopic (exact) mass is 534 g/mol. The summed E-state index contributed by atoms with van der Waals surface area (Å²) < 4.78 is 0. The molecule has 0 unspecified atom stereocenters. The molecule has 2 amide bonds. The summed E-state index contributed by atoms with van der Waals surface area (Å²) in [6.07, 6.45) is 3.40. The Morgan fingerprint density at radius 2 is 1.05 bits per heavy atom. The number of carbonyl (C=O) groups excluding carboxylic acids is 2. The third-order valence-corrected chi connectivity index (χ3v) is 7.39. The molecule has 4 aromatic rings. The molecule has 4 N–H and O–H groups in total. The molecule has 2 aromatic carbocycles. The van der Waals surface area contributed by atoms with Crippen molar-refractivity contribution in [3.8, 4) is 0 Å². The second-order valence-electron chi connectivity index (χ2n) is 8.74. The first kappa shape index (κ1) is 24.8. The number of aromatic nitrogens is 4. The zero-order valence-corrected chi connectivity index (χ0v) is 21.5. The lowest BCUT2D eigenvalue weighted by atomic mass is 10.1. The lowest BCUT2D eigenvalue weighted by Crippen LogP contribution is -2.20. The van der Waals surface area contributed by atoms with Crippen LogP contribution in [0.5, 0.6) is 0 Å². The molecule has 37 heavy (non-hydrogen) atoms. The largest absolute Gasteiger partial charge is 0.357 e. The number of carbonyl (C=O) groups is 2. The Balaban J connectivity index is 1.05. The van der Waals surface area contributed by atoms with Gasteiger partial charge in [0.1, 0.15) is 0 Å². The van der Waals surface area contributed by atoms with E-state index in [1.807, 2.05) is 60.7 Å². The molecular formula is C25H26N8O2S2. The van der Waals surface area contributed by atoms with E-state index in [-0.39, 0.29) is 23.9 Å². The molecule has 1 saturated carbocycles. The fourth-order valence-electron chi connectivity index (χ4n) is 4.15. The fraction of sp³-hybridized carbons (Fsp3) is 0.280. The van der Waals surface area contributed by atoms with Crippen LogP contribution >= 0.6 is 22.7 Å². The second kappa shape index (κ2) is 11.9. The minimum Gasteiger partial charge on any atom is -0.357 e. The van der Waals surface area contributed by atoms with Gasteiger partial charge in [-0.05, 0) is 30.4 Å². The van der Waals surface area contributed by atoms with E-state index in [4.69, 9.17) is 0 Å². The molecule has 0 aliphatic heterocycles. The lowest BCUT2D eigenvalue weighted by Gasteiger charge is -2.12. The Kier molecular flexibility index (Phi) is 7.96. The van der Waals surface area contributed by atoms with Crippen molar-refractivity contribution < 1.29 is 9.59 Å². The third kappa shape index (κ3) is 7.30. The van der Waals surface area contributed by atoms with Gasteiger partial charge in [-0.1, -0.05) is 83.3 Å². The SMILES string of the molecule is O=C(Cc1ccccc1)Nc1nnc(N[C@@H]2CC[C@@H](Nc3nnc(NC(=O)Cc4ccccc4)s3)C2)s1. The van der Waals surface area contributed by atoms with E-state index in [2.05, 4.69) is 41.7 Å². The number of amides is 2. The van der Waals surface area contributed by atoms with Crippen molar-refractivity contribution in [2.45, 2.75) is 44.2 Å². The Hall–Kier alpha value is -3.90. The Bertz CT molecular complexity index is 1230. The van der Waals surface area contributed by atoms with Gasteiger partial charge in [0, 0.05) is 12.1 Å². The molecule has 190 valence electrons. The van der Waals surface area contributed by atoms with Crippen LogP contribution in [0.3, 0.4) is 0 Å². The van der Waals surface area contributed by atoms with Crippen LogP contribution in [-0.4, -0.2) is 44.3 Å². The molecule has 2 aromatic heterocycles. The van der Waals surface area contributed by atoms with Crippen LogP contribution < -0.4 is 21.3 Å². The number of rotatable bonds is 10. The minimum atomic E-state index is -0.119. The first-order chi connectivity index (χ1) is 18.1. The van der Waals surface area contributed by atoms with E-state index in [0.29, 0.717) is 33.4 Å². The summed E-state index contributed by atoms with van der Waals surface area (Å²) in [6, 6.07) is 19.6. The van der Waals surface area contributed by atoms with Gasteiger partial charge in [0.15, 0.2) is 0 Å². The normalized spacial score (nSPS) is 16.8. The van der Waals surface area contributed by atoms with E-state index in [1.54, 1.807) is 0 Å². The molecule has 2 atom stereocenters. The van der Waals surface area contributed by atoms with Crippen molar-refractivity contribution in [1.82, 2.24) is 20.4 Å². The van der Waals surface area contributed by atoms with Crippen molar-refractivity contribution in [2.24, 2.45) is 0 Å². The smallest absolute Gasteiger partial charge is 0.230 e. The van der Waals surface area contributed by atoms with Crippen LogP contribution in [0, 0.1) is 0 Å². The van der Waals surface area contributed by atoms with Crippen LogP contribution in [0.15, 0.2) is 60.7 Å². The molecule has 5 rings (SSSR count). The Morgan fingerprint density at radius 3 is 1.49 bits per heavy atom. The highest BCUT2D eigenvalue weighted by Gasteiger charge is 2.26. The summed E-state index contributed by atoms with van der Waals surface area (Å²) in [5, 5.41) is 31.3. The van der Waals surface area contributed by atoms with Crippen LogP contribution in [0.1, 0.15) is 30.4 Å². The highest BCUT2D eigenvalue weighted by Crippen LogP contribution is 2.30. The van der Waals surface area contributed by atoms with Crippen LogP contribution in [0.2, 0.25) is 0 Å². The van der Waals surface area contributed by atoms with Gasteiger partial charge < -0.3 is 21.3 Å².